The van der Waals surface area contributed by atoms with Gasteiger partial charge in [0.2, 0.25) is 0 Å². The van der Waals surface area contributed by atoms with Gasteiger partial charge in [-0.1, -0.05) is 0 Å². The molecule has 9 heteroatoms. The lowest BCUT2D eigenvalue weighted by molar-refractivity contribution is -0.548. The van der Waals surface area contributed by atoms with Crippen LogP contribution in [-0.2, 0) is 4.79 Å². The number of halogens is 4. The molecule has 1 N–H and O–H groups in total. The minimum Gasteiger partial charge on any atom is -0.475 e. The fourth-order valence-corrected chi connectivity index (χ4v) is 0.453. The van der Waals surface area contributed by atoms with Crippen molar-refractivity contribution in [3.63, 3.8) is 0 Å². The summed E-state index contributed by atoms with van der Waals surface area (Å²) in [7, 11) is 0. The summed E-state index contributed by atoms with van der Waals surface area (Å²) in [5, 5.41) is 13.2. The molecule has 0 aliphatic carbocycles. The van der Waals surface area contributed by atoms with E-state index in [0.717, 1.165) is 0 Å². The molecule has 0 amide bonds. The maximum atomic E-state index is 12.1. The first-order valence-electron chi connectivity index (χ1n) is 2.27. The van der Waals surface area contributed by atoms with Crippen LogP contribution in [0.5, 0.6) is 0 Å². The number of carboxylic acids is 1. The monoisotopic (exact) mass is 223 g/mol. The lowest BCUT2D eigenvalue weighted by atomic mass is 10.3. The number of carboxylic acid groups (broad SMARTS) is 1. The summed E-state index contributed by atoms with van der Waals surface area (Å²) < 4.78 is 24.2. The van der Waals surface area contributed by atoms with E-state index < -0.39 is 21.3 Å². The van der Waals surface area contributed by atoms with Gasteiger partial charge in [0.25, 0.3) is 0 Å². The number of hydrogen-bond acceptors (Lipinski definition) is 3. The van der Waals surface area contributed by atoms with Crippen molar-refractivity contribution in [1.82, 2.24) is 0 Å². The molecule has 0 radical (unpaired) electrons. The summed E-state index contributed by atoms with van der Waals surface area (Å²) in [6.45, 7) is 0. The first kappa shape index (κ1) is 11.3. The van der Waals surface area contributed by atoms with E-state index in [0.29, 0.717) is 0 Å². The predicted molar refractivity (Wildman–Crippen MR) is 34.0 cm³/mol. The third-order valence-corrected chi connectivity index (χ3v) is 1.82. The maximum absolute atomic E-state index is 12.1. The first-order valence-corrected chi connectivity index (χ1v) is 3.03. The zero-order valence-electron chi connectivity index (χ0n) is 5.13. The van der Waals surface area contributed by atoms with Crippen molar-refractivity contribution in [2.75, 3.05) is 0 Å². The highest BCUT2D eigenvalue weighted by Gasteiger charge is 2.70. The van der Waals surface area contributed by atoms with E-state index in [1.54, 1.807) is 0 Å². The predicted octanol–water partition coefficient (Wildman–Crippen LogP) is 1.11. The normalized spacial score (nSPS) is 16.7. The Morgan fingerprint density at radius 2 is 1.83 bits per heavy atom. The van der Waals surface area contributed by atoms with Crippen molar-refractivity contribution in [3.8, 4) is 0 Å². The minimum atomic E-state index is -4.66. The molecule has 0 aromatic heterocycles. The summed E-state index contributed by atoms with van der Waals surface area (Å²) >= 11 is 8.65. The standard InChI is InChI=1S/C3HCl2F2NO4/c4-2(1(9)10,8(11)12)3(5,6)7/h(H,9,10). The van der Waals surface area contributed by atoms with Gasteiger partial charge in [-0.2, -0.15) is 8.78 Å². The SMILES string of the molecule is O=C(O)C(Cl)([N+](=O)[O-])C(F)(F)Cl. The Hall–Kier alpha value is -0.690. The van der Waals surface area contributed by atoms with Crippen molar-refractivity contribution >= 4 is 29.2 Å². The van der Waals surface area contributed by atoms with Crippen LogP contribution in [0.15, 0.2) is 0 Å². The highest BCUT2D eigenvalue weighted by molar-refractivity contribution is 6.39. The van der Waals surface area contributed by atoms with Gasteiger partial charge in [0.15, 0.2) is 0 Å². The van der Waals surface area contributed by atoms with E-state index in [9.17, 15) is 23.7 Å². The van der Waals surface area contributed by atoms with Crippen LogP contribution in [0.4, 0.5) is 8.78 Å². The molecule has 5 nitrogen and oxygen atoms in total. The van der Waals surface area contributed by atoms with Gasteiger partial charge in [-0.05, 0) is 23.2 Å². The molecule has 0 aromatic carbocycles. The van der Waals surface area contributed by atoms with Gasteiger partial charge in [0.1, 0.15) is 0 Å². The molecule has 12 heavy (non-hydrogen) atoms. The molecular formula is C3HCl2F2NO4. The van der Waals surface area contributed by atoms with E-state index in [4.69, 9.17) is 5.11 Å². The molecule has 0 bridgehead atoms. The van der Waals surface area contributed by atoms with Gasteiger partial charge >= 0.3 is 16.3 Å². The Morgan fingerprint density at radius 3 is 1.83 bits per heavy atom. The molecule has 1 atom stereocenters. The minimum absolute atomic E-state index is 1.87. The van der Waals surface area contributed by atoms with Crippen LogP contribution in [0.1, 0.15) is 0 Å². The molecule has 0 rings (SSSR count). The van der Waals surface area contributed by atoms with Crippen molar-refractivity contribution in [1.29, 1.82) is 0 Å². The third kappa shape index (κ3) is 1.56. The van der Waals surface area contributed by atoms with E-state index >= 15 is 0 Å². The van der Waals surface area contributed by atoms with Crippen molar-refractivity contribution in [3.05, 3.63) is 10.1 Å². The van der Waals surface area contributed by atoms with Gasteiger partial charge in [-0.3, -0.25) is 10.1 Å². The Kier molecular flexibility index (Phi) is 2.81. The zero-order valence-corrected chi connectivity index (χ0v) is 6.64. The zero-order chi connectivity index (χ0) is 10.2. The molecule has 0 saturated heterocycles. The van der Waals surface area contributed by atoms with Crippen LogP contribution in [-0.4, -0.2) is 26.4 Å². The van der Waals surface area contributed by atoms with Crippen molar-refractivity contribution in [2.45, 2.75) is 10.4 Å². The summed E-state index contributed by atoms with van der Waals surface area (Å²) in [6, 6.07) is 0. The Balaban J connectivity index is 5.17. The lowest BCUT2D eigenvalue weighted by Gasteiger charge is -2.17. The van der Waals surface area contributed by atoms with Gasteiger partial charge in [0.05, 0.1) is 4.92 Å². The number of aliphatic carboxylic acids is 1. The number of hydrogen-bond donors (Lipinski definition) is 1. The Bertz CT molecular complexity index is 213. The fourth-order valence-electron chi connectivity index (χ4n) is 0.303. The topological polar surface area (TPSA) is 80.4 Å². The maximum Gasteiger partial charge on any atom is 0.466 e. The largest absolute Gasteiger partial charge is 0.475 e. The van der Waals surface area contributed by atoms with E-state index in [-0.39, 0.29) is 0 Å². The van der Waals surface area contributed by atoms with Gasteiger partial charge in [-0.25, -0.2) is 4.79 Å². The second-order valence-electron chi connectivity index (χ2n) is 1.68. The highest BCUT2D eigenvalue weighted by atomic mass is 35.5. The van der Waals surface area contributed by atoms with Crippen LogP contribution < -0.4 is 0 Å². The van der Waals surface area contributed by atoms with Gasteiger partial charge < -0.3 is 5.11 Å². The quantitative estimate of drug-likeness (QED) is 0.337. The number of nitrogens with zero attached hydrogens (tertiary/aromatic N) is 1. The molecule has 0 spiro atoms. The lowest BCUT2D eigenvalue weighted by Crippen LogP contribution is -2.52. The average molecular weight is 224 g/mol. The third-order valence-electron chi connectivity index (χ3n) is 0.911. The molecule has 0 heterocycles. The summed E-state index contributed by atoms with van der Waals surface area (Å²) in [5.41, 5.74) is 0. The van der Waals surface area contributed by atoms with E-state index in [1.165, 1.54) is 0 Å². The first-order chi connectivity index (χ1) is 5.14. The number of alkyl halides is 4. The molecule has 0 aliphatic heterocycles. The summed E-state index contributed by atoms with van der Waals surface area (Å²) in [4.78, 5) is 13.9. The van der Waals surface area contributed by atoms with E-state index in [1.807, 2.05) is 0 Å². The Morgan fingerprint density at radius 1 is 1.50 bits per heavy atom. The number of carbonyl (C=O) groups is 1. The average Bonchev–Trinajstić information content (AvgIpc) is 1.82. The summed E-state index contributed by atoms with van der Waals surface area (Å²) in [6.07, 6.45) is 0. The fraction of sp³-hybridized carbons (Fsp3) is 0.667. The molecular weight excluding hydrogens is 223 g/mol. The van der Waals surface area contributed by atoms with E-state index in [2.05, 4.69) is 23.2 Å². The van der Waals surface area contributed by atoms with Crippen LogP contribution in [0.2, 0.25) is 0 Å². The Labute approximate surface area is 74.0 Å². The van der Waals surface area contributed by atoms with Crippen LogP contribution >= 0.6 is 23.2 Å². The number of rotatable bonds is 3. The van der Waals surface area contributed by atoms with Crippen LogP contribution in [0, 0.1) is 10.1 Å². The molecule has 1 unspecified atom stereocenters. The summed E-state index contributed by atoms with van der Waals surface area (Å²) in [5.74, 6) is -2.52. The van der Waals surface area contributed by atoms with Crippen LogP contribution in [0.25, 0.3) is 0 Å². The van der Waals surface area contributed by atoms with Gasteiger partial charge in [0, 0.05) is 0 Å². The molecule has 0 aliphatic rings. The van der Waals surface area contributed by atoms with Crippen molar-refractivity contribution < 1.29 is 23.6 Å². The highest BCUT2D eigenvalue weighted by Crippen LogP contribution is 2.38. The second kappa shape index (κ2) is 2.98. The van der Waals surface area contributed by atoms with Crippen molar-refractivity contribution in [2.24, 2.45) is 0 Å². The second-order valence-corrected chi connectivity index (χ2v) is 2.70. The smallest absolute Gasteiger partial charge is 0.466 e. The molecule has 0 saturated carbocycles. The molecule has 0 fully saturated rings. The number of nitro groups is 1. The molecule has 70 valence electrons. The van der Waals surface area contributed by atoms with Crippen LogP contribution in [0.3, 0.4) is 0 Å². The molecule has 0 aromatic rings. The van der Waals surface area contributed by atoms with Gasteiger partial charge in [-0.15, -0.1) is 0 Å².